The van der Waals surface area contributed by atoms with E-state index in [1.54, 1.807) is 12.4 Å². The molecule has 0 saturated carbocycles. The van der Waals surface area contributed by atoms with Gasteiger partial charge in [-0.15, -0.1) is 0 Å². The number of aromatic nitrogens is 4. The first-order chi connectivity index (χ1) is 10.1. The summed E-state index contributed by atoms with van der Waals surface area (Å²) in [6.07, 6.45) is 6.36. The fourth-order valence-electron chi connectivity index (χ4n) is 1.87. The van der Waals surface area contributed by atoms with Crippen LogP contribution in [0.5, 0.6) is 0 Å². The van der Waals surface area contributed by atoms with Crippen LogP contribution in [0, 0.1) is 0 Å². The predicted octanol–water partition coefficient (Wildman–Crippen LogP) is 0.153. The van der Waals surface area contributed by atoms with Crippen molar-refractivity contribution in [3.05, 3.63) is 30.0 Å². The fraction of sp³-hybridized carbons (Fsp3) is 0.500. The van der Waals surface area contributed by atoms with Gasteiger partial charge in [0, 0.05) is 37.5 Å². The van der Waals surface area contributed by atoms with Crippen molar-refractivity contribution in [2.24, 2.45) is 0 Å². The lowest BCUT2D eigenvalue weighted by molar-refractivity contribution is 0.573. The maximum Gasteiger partial charge on any atom is 0.257 e. The van der Waals surface area contributed by atoms with E-state index in [1.165, 1.54) is 6.20 Å². The molecule has 0 saturated heterocycles. The third-order valence-electron chi connectivity index (χ3n) is 2.90. The number of nitrogens with zero attached hydrogens (tertiary/aromatic N) is 2. The number of imidazole rings is 1. The summed E-state index contributed by atoms with van der Waals surface area (Å²) in [6.45, 7) is 3.63. The monoisotopic (exact) mass is 312 g/mol. The van der Waals surface area contributed by atoms with Crippen molar-refractivity contribution in [1.29, 1.82) is 0 Å². The van der Waals surface area contributed by atoms with Crippen molar-refractivity contribution in [3.63, 3.8) is 0 Å². The van der Waals surface area contributed by atoms with Crippen molar-refractivity contribution in [1.82, 2.24) is 30.2 Å². The van der Waals surface area contributed by atoms with E-state index in [2.05, 4.69) is 37.1 Å². The number of hydrogen-bond acceptors (Lipinski definition) is 5. The Morgan fingerprint density at radius 1 is 1.33 bits per heavy atom. The molecule has 0 spiro atoms. The highest BCUT2D eigenvalue weighted by Crippen LogP contribution is 2.11. The number of H-pyrrole nitrogens is 2. The molecule has 0 atom stereocenters. The Labute approximate surface area is 123 Å². The molecule has 21 heavy (non-hydrogen) atoms. The van der Waals surface area contributed by atoms with Crippen LogP contribution < -0.4 is 10.0 Å². The van der Waals surface area contributed by atoms with E-state index in [9.17, 15) is 8.42 Å². The topological polar surface area (TPSA) is 116 Å². The number of sulfonamides is 1. The molecule has 0 fully saturated rings. The Hall–Kier alpha value is -1.71. The number of aromatic amines is 2. The Bertz CT molecular complexity index is 635. The van der Waals surface area contributed by atoms with Crippen molar-refractivity contribution < 1.29 is 8.42 Å². The minimum absolute atomic E-state index is 0.116. The van der Waals surface area contributed by atoms with Gasteiger partial charge in [-0.1, -0.05) is 6.92 Å². The molecule has 4 N–H and O–H groups in total. The van der Waals surface area contributed by atoms with Crippen molar-refractivity contribution in [2.75, 3.05) is 13.1 Å². The number of nitrogens with one attached hydrogen (secondary N) is 4. The van der Waals surface area contributed by atoms with Gasteiger partial charge in [-0.3, -0.25) is 5.10 Å². The maximum absolute atomic E-state index is 12.2. The maximum atomic E-state index is 12.2. The minimum Gasteiger partial charge on any atom is -0.349 e. The predicted molar refractivity (Wildman–Crippen MR) is 78.1 cm³/mol. The van der Waals surface area contributed by atoms with E-state index in [0.717, 1.165) is 18.8 Å². The quantitative estimate of drug-likeness (QED) is 0.492. The summed E-state index contributed by atoms with van der Waals surface area (Å²) in [5.74, 6) is 0.743. The zero-order chi connectivity index (χ0) is 15.1. The summed E-state index contributed by atoms with van der Waals surface area (Å²) in [5, 5.41) is 9.65. The summed E-state index contributed by atoms with van der Waals surface area (Å²) in [7, 11) is -3.59. The van der Waals surface area contributed by atoms with Gasteiger partial charge in [0.25, 0.3) is 10.0 Å². The third kappa shape index (κ3) is 4.38. The smallest absolute Gasteiger partial charge is 0.257 e. The molecule has 0 bridgehead atoms. The van der Waals surface area contributed by atoms with E-state index in [4.69, 9.17) is 0 Å². The van der Waals surface area contributed by atoms with Crippen LogP contribution in [0.4, 0.5) is 0 Å². The molecule has 0 radical (unpaired) electrons. The summed E-state index contributed by atoms with van der Waals surface area (Å²) in [4.78, 5) is 6.97. The molecule has 8 nitrogen and oxygen atoms in total. The Kier molecular flexibility index (Phi) is 5.48. The highest BCUT2D eigenvalue weighted by molar-refractivity contribution is 7.89. The van der Waals surface area contributed by atoms with Gasteiger partial charge in [0.1, 0.15) is 5.82 Å². The second-order valence-electron chi connectivity index (χ2n) is 4.58. The average Bonchev–Trinajstić information content (AvgIpc) is 3.10. The molecule has 116 valence electrons. The molecule has 2 rings (SSSR count). The van der Waals surface area contributed by atoms with Crippen LogP contribution in [0.1, 0.15) is 24.7 Å². The van der Waals surface area contributed by atoms with Crippen molar-refractivity contribution >= 4 is 10.0 Å². The standard InChI is InChI=1S/C12H20N6O2S/c1-2-4-13-8-10-9-16-18-12(10)21(19,20)17-5-3-11-14-6-7-15-11/h6-7,9,13,17H,2-5,8H2,1H3,(H,14,15)(H,16,18). The van der Waals surface area contributed by atoms with Crippen LogP contribution in [0.3, 0.4) is 0 Å². The molecule has 0 aliphatic heterocycles. The van der Waals surface area contributed by atoms with Gasteiger partial charge in [0.2, 0.25) is 0 Å². The first-order valence-electron chi connectivity index (χ1n) is 6.84. The Balaban J connectivity index is 1.94. The lowest BCUT2D eigenvalue weighted by Crippen LogP contribution is -2.28. The minimum atomic E-state index is -3.59. The molecule has 9 heteroatoms. The van der Waals surface area contributed by atoms with Gasteiger partial charge in [-0.2, -0.15) is 5.10 Å². The van der Waals surface area contributed by atoms with E-state index in [-0.39, 0.29) is 11.6 Å². The lowest BCUT2D eigenvalue weighted by atomic mass is 10.3. The molecule has 2 heterocycles. The van der Waals surface area contributed by atoms with Gasteiger partial charge >= 0.3 is 0 Å². The second-order valence-corrected chi connectivity index (χ2v) is 6.29. The van der Waals surface area contributed by atoms with Gasteiger partial charge in [0.15, 0.2) is 5.03 Å². The molecule has 0 aliphatic carbocycles. The van der Waals surface area contributed by atoms with E-state index < -0.39 is 10.0 Å². The average molecular weight is 312 g/mol. The van der Waals surface area contributed by atoms with Gasteiger partial charge in [0.05, 0.1) is 6.20 Å². The first-order valence-corrected chi connectivity index (χ1v) is 8.32. The van der Waals surface area contributed by atoms with Crippen LogP contribution in [-0.4, -0.2) is 41.7 Å². The summed E-state index contributed by atoms with van der Waals surface area (Å²) in [5.41, 5.74) is 0.633. The highest BCUT2D eigenvalue weighted by atomic mass is 32.2. The first kappa shape index (κ1) is 15.7. The summed E-state index contributed by atoms with van der Waals surface area (Å²) >= 11 is 0. The van der Waals surface area contributed by atoms with Crippen molar-refractivity contribution in [2.45, 2.75) is 31.3 Å². The van der Waals surface area contributed by atoms with Crippen LogP contribution in [0.15, 0.2) is 23.6 Å². The summed E-state index contributed by atoms with van der Waals surface area (Å²) in [6, 6.07) is 0. The molecular formula is C12H20N6O2S. The van der Waals surface area contributed by atoms with Crippen LogP contribution in [0.25, 0.3) is 0 Å². The molecule has 0 aromatic carbocycles. The number of rotatable bonds is 9. The van der Waals surface area contributed by atoms with Crippen LogP contribution in [0.2, 0.25) is 0 Å². The zero-order valence-electron chi connectivity index (χ0n) is 11.9. The van der Waals surface area contributed by atoms with Gasteiger partial charge in [-0.25, -0.2) is 18.1 Å². The molecule has 2 aromatic heterocycles. The molecular weight excluding hydrogens is 292 g/mol. The van der Waals surface area contributed by atoms with Crippen LogP contribution >= 0.6 is 0 Å². The molecule has 0 unspecified atom stereocenters. The van der Waals surface area contributed by atoms with Gasteiger partial charge < -0.3 is 10.3 Å². The lowest BCUT2D eigenvalue weighted by Gasteiger charge is -2.07. The van der Waals surface area contributed by atoms with E-state index >= 15 is 0 Å². The van der Waals surface area contributed by atoms with Crippen molar-refractivity contribution in [3.8, 4) is 0 Å². The Morgan fingerprint density at radius 3 is 2.90 bits per heavy atom. The van der Waals surface area contributed by atoms with Gasteiger partial charge in [-0.05, 0) is 13.0 Å². The zero-order valence-corrected chi connectivity index (χ0v) is 12.7. The Morgan fingerprint density at radius 2 is 2.19 bits per heavy atom. The summed E-state index contributed by atoms with van der Waals surface area (Å²) < 4.78 is 27.0. The largest absolute Gasteiger partial charge is 0.349 e. The SMILES string of the molecule is CCCNCc1cn[nH]c1S(=O)(=O)NCCc1ncc[nH]1. The molecule has 2 aromatic rings. The van der Waals surface area contributed by atoms with Crippen LogP contribution in [-0.2, 0) is 23.0 Å². The van der Waals surface area contributed by atoms with E-state index in [1.807, 2.05) is 0 Å². The number of hydrogen-bond donors (Lipinski definition) is 4. The third-order valence-corrected chi connectivity index (χ3v) is 4.37. The highest BCUT2D eigenvalue weighted by Gasteiger charge is 2.20. The fourth-order valence-corrected chi connectivity index (χ4v) is 3.03. The molecule has 0 amide bonds. The van der Waals surface area contributed by atoms with E-state index in [0.29, 0.717) is 18.5 Å². The second kappa shape index (κ2) is 7.34. The normalized spacial score (nSPS) is 11.9. The molecule has 0 aliphatic rings.